The zero-order valence-corrected chi connectivity index (χ0v) is 9.08. The topological polar surface area (TPSA) is 29.5 Å². The average Bonchev–Trinajstić information content (AvgIpc) is 2.15. The Bertz CT molecular complexity index is 292. The molecule has 1 rings (SSSR count). The minimum absolute atomic E-state index is 0.0368. The summed E-state index contributed by atoms with van der Waals surface area (Å²) in [6.07, 6.45) is 0. The van der Waals surface area contributed by atoms with Crippen LogP contribution in [0.25, 0.3) is 0 Å². The van der Waals surface area contributed by atoms with Gasteiger partial charge in [0.15, 0.2) is 0 Å². The lowest BCUT2D eigenvalue weighted by Gasteiger charge is -2.12. The first-order valence-corrected chi connectivity index (χ1v) is 4.96. The molecule has 0 bridgehead atoms. The first kappa shape index (κ1) is 11.1. The van der Waals surface area contributed by atoms with Crippen molar-refractivity contribution in [3.05, 3.63) is 29.3 Å². The summed E-state index contributed by atoms with van der Waals surface area (Å²) in [6, 6.07) is 5.87. The molecule has 2 heteroatoms. The first-order chi connectivity index (χ1) is 6.63. The molecule has 0 amide bonds. The van der Waals surface area contributed by atoms with Gasteiger partial charge in [0.2, 0.25) is 0 Å². The molecule has 0 aliphatic carbocycles. The molecule has 0 heterocycles. The lowest BCUT2D eigenvalue weighted by Crippen LogP contribution is -2.06. The number of hydrogen-bond acceptors (Lipinski definition) is 2. The third kappa shape index (κ3) is 3.04. The van der Waals surface area contributed by atoms with E-state index in [0.717, 1.165) is 16.9 Å². The van der Waals surface area contributed by atoms with E-state index in [4.69, 9.17) is 9.84 Å². The number of rotatable bonds is 4. The summed E-state index contributed by atoms with van der Waals surface area (Å²) in [5.41, 5.74) is 2.01. The van der Waals surface area contributed by atoms with Crippen LogP contribution in [-0.4, -0.2) is 11.7 Å². The van der Waals surface area contributed by atoms with E-state index in [1.807, 2.05) is 25.1 Å². The van der Waals surface area contributed by atoms with Crippen molar-refractivity contribution in [3.63, 3.8) is 0 Å². The van der Waals surface area contributed by atoms with E-state index < -0.39 is 0 Å². The van der Waals surface area contributed by atoms with Gasteiger partial charge in [-0.2, -0.15) is 0 Å². The Hall–Kier alpha value is -1.02. The summed E-state index contributed by atoms with van der Waals surface area (Å²) in [5, 5.41) is 9.13. The standard InChI is InChI=1S/C12H18O2/c1-9(2)8-14-12-5-4-10(3)6-11(12)7-13/h4-6,9,13H,7-8H2,1-3H3. The second kappa shape index (κ2) is 5.01. The summed E-state index contributed by atoms with van der Waals surface area (Å²) >= 11 is 0. The summed E-state index contributed by atoms with van der Waals surface area (Å²) in [4.78, 5) is 0. The zero-order valence-electron chi connectivity index (χ0n) is 9.08. The van der Waals surface area contributed by atoms with Gasteiger partial charge in [0.1, 0.15) is 5.75 Å². The third-order valence-corrected chi connectivity index (χ3v) is 1.96. The molecule has 0 unspecified atom stereocenters. The lowest BCUT2D eigenvalue weighted by atomic mass is 10.1. The summed E-state index contributed by atoms with van der Waals surface area (Å²) in [5.74, 6) is 1.30. The van der Waals surface area contributed by atoms with Crippen LogP contribution in [0.5, 0.6) is 5.75 Å². The van der Waals surface area contributed by atoms with Crippen molar-refractivity contribution in [1.29, 1.82) is 0 Å². The van der Waals surface area contributed by atoms with Gasteiger partial charge in [-0.3, -0.25) is 0 Å². The van der Waals surface area contributed by atoms with Gasteiger partial charge >= 0.3 is 0 Å². The van der Waals surface area contributed by atoms with Crippen LogP contribution >= 0.6 is 0 Å². The van der Waals surface area contributed by atoms with E-state index in [0.29, 0.717) is 12.5 Å². The molecular weight excluding hydrogens is 176 g/mol. The Kier molecular flexibility index (Phi) is 3.96. The highest BCUT2D eigenvalue weighted by atomic mass is 16.5. The monoisotopic (exact) mass is 194 g/mol. The molecule has 0 aliphatic rings. The maximum atomic E-state index is 9.13. The molecule has 1 aromatic rings. The molecule has 14 heavy (non-hydrogen) atoms. The number of aliphatic hydroxyl groups is 1. The van der Waals surface area contributed by atoms with E-state index in [2.05, 4.69) is 13.8 Å². The second-order valence-electron chi connectivity index (χ2n) is 3.97. The van der Waals surface area contributed by atoms with Crippen LogP contribution in [0.2, 0.25) is 0 Å². The molecule has 0 aromatic heterocycles. The molecule has 0 aliphatic heterocycles. The third-order valence-electron chi connectivity index (χ3n) is 1.96. The normalized spacial score (nSPS) is 10.6. The Balaban J connectivity index is 2.75. The van der Waals surface area contributed by atoms with Gasteiger partial charge in [0.05, 0.1) is 13.2 Å². The summed E-state index contributed by atoms with van der Waals surface area (Å²) < 4.78 is 5.58. The van der Waals surface area contributed by atoms with Crippen LogP contribution in [0.15, 0.2) is 18.2 Å². The lowest BCUT2D eigenvalue weighted by molar-refractivity contribution is 0.245. The molecule has 2 nitrogen and oxygen atoms in total. The molecule has 0 saturated heterocycles. The minimum Gasteiger partial charge on any atom is -0.493 e. The molecule has 0 radical (unpaired) electrons. The molecular formula is C12H18O2. The summed E-state index contributed by atoms with van der Waals surface area (Å²) in [7, 11) is 0. The van der Waals surface area contributed by atoms with Gasteiger partial charge in [-0.1, -0.05) is 31.5 Å². The van der Waals surface area contributed by atoms with Gasteiger partial charge < -0.3 is 9.84 Å². The van der Waals surface area contributed by atoms with Gasteiger partial charge in [0.25, 0.3) is 0 Å². The molecule has 1 N–H and O–H groups in total. The smallest absolute Gasteiger partial charge is 0.124 e. The van der Waals surface area contributed by atoms with Crippen LogP contribution in [0.4, 0.5) is 0 Å². The minimum atomic E-state index is 0.0368. The maximum Gasteiger partial charge on any atom is 0.124 e. The molecule has 0 spiro atoms. The van der Waals surface area contributed by atoms with Crippen molar-refractivity contribution in [2.75, 3.05) is 6.61 Å². The van der Waals surface area contributed by atoms with E-state index in [1.54, 1.807) is 0 Å². The van der Waals surface area contributed by atoms with Gasteiger partial charge in [-0.05, 0) is 18.9 Å². The number of benzene rings is 1. The Morgan fingerprint density at radius 1 is 1.36 bits per heavy atom. The highest BCUT2D eigenvalue weighted by Crippen LogP contribution is 2.20. The highest BCUT2D eigenvalue weighted by Gasteiger charge is 2.03. The van der Waals surface area contributed by atoms with Gasteiger partial charge in [-0.15, -0.1) is 0 Å². The first-order valence-electron chi connectivity index (χ1n) is 4.96. The number of hydrogen-bond donors (Lipinski definition) is 1. The quantitative estimate of drug-likeness (QED) is 0.798. The van der Waals surface area contributed by atoms with E-state index >= 15 is 0 Å². The SMILES string of the molecule is Cc1ccc(OCC(C)C)c(CO)c1. The fourth-order valence-electron chi connectivity index (χ4n) is 1.23. The van der Waals surface area contributed by atoms with Crippen molar-refractivity contribution in [1.82, 2.24) is 0 Å². The van der Waals surface area contributed by atoms with Crippen molar-refractivity contribution < 1.29 is 9.84 Å². The molecule has 0 saturated carbocycles. The van der Waals surface area contributed by atoms with Crippen molar-refractivity contribution in [2.45, 2.75) is 27.4 Å². The Morgan fingerprint density at radius 3 is 2.64 bits per heavy atom. The summed E-state index contributed by atoms with van der Waals surface area (Å²) in [6.45, 7) is 6.94. The molecule has 0 atom stereocenters. The van der Waals surface area contributed by atoms with Crippen LogP contribution in [-0.2, 0) is 6.61 Å². The predicted octanol–water partition coefficient (Wildman–Crippen LogP) is 2.52. The van der Waals surface area contributed by atoms with Crippen molar-refractivity contribution in [3.8, 4) is 5.75 Å². The fraction of sp³-hybridized carbons (Fsp3) is 0.500. The molecule has 78 valence electrons. The highest BCUT2D eigenvalue weighted by molar-refractivity contribution is 5.36. The number of aliphatic hydroxyl groups excluding tert-OH is 1. The van der Waals surface area contributed by atoms with Crippen LogP contribution < -0.4 is 4.74 Å². The van der Waals surface area contributed by atoms with Crippen LogP contribution in [0.1, 0.15) is 25.0 Å². The number of aryl methyl sites for hydroxylation is 1. The Labute approximate surface area is 85.5 Å². The van der Waals surface area contributed by atoms with Crippen molar-refractivity contribution >= 4 is 0 Å². The fourth-order valence-corrected chi connectivity index (χ4v) is 1.23. The van der Waals surface area contributed by atoms with Crippen LogP contribution in [0.3, 0.4) is 0 Å². The average molecular weight is 194 g/mol. The number of ether oxygens (including phenoxy) is 1. The zero-order chi connectivity index (χ0) is 10.6. The largest absolute Gasteiger partial charge is 0.493 e. The molecule has 0 fully saturated rings. The van der Waals surface area contributed by atoms with E-state index in [9.17, 15) is 0 Å². The second-order valence-corrected chi connectivity index (χ2v) is 3.97. The van der Waals surface area contributed by atoms with E-state index in [1.165, 1.54) is 0 Å². The molecule has 1 aromatic carbocycles. The predicted molar refractivity (Wildman–Crippen MR) is 57.4 cm³/mol. The van der Waals surface area contributed by atoms with Gasteiger partial charge in [-0.25, -0.2) is 0 Å². The van der Waals surface area contributed by atoms with Gasteiger partial charge in [0, 0.05) is 5.56 Å². The maximum absolute atomic E-state index is 9.13. The van der Waals surface area contributed by atoms with E-state index in [-0.39, 0.29) is 6.61 Å². The van der Waals surface area contributed by atoms with Crippen LogP contribution in [0, 0.1) is 12.8 Å². The Morgan fingerprint density at radius 2 is 2.07 bits per heavy atom. The van der Waals surface area contributed by atoms with Crippen molar-refractivity contribution in [2.24, 2.45) is 5.92 Å².